The Morgan fingerprint density at radius 3 is 1.93 bits per heavy atom. The molecule has 4 N–H and O–H groups in total. The molecule has 1 unspecified atom stereocenters. The lowest BCUT2D eigenvalue weighted by Gasteiger charge is -2.19. The third-order valence-electron chi connectivity index (χ3n) is 1.61. The molecule has 0 aliphatic carbocycles. The van der Waals surface area contributed by atoms with Crippen molar-refractivity contribution in [3.63, 3.8) is 0 Å². The van der Waals surface area contributed by atoms with E-state index in [0.29, 0.717) is 18.2 Å². The van der Waals surface area contributed by atoms with Crippen molar-refractivity contribution < 1.29 is 19.8 Å². The van der Waals surface area contributed by atoms with Crippen LogP contribution in [-0.2, 0) is 9.59 Å². The second-order valence-electron chi connectivity index (χ2n) is 3.07. The fourth-order valence-corrected chi connectivity index (χ4v) is 0.940. The average molecular weight is 216 g/mol. The molecular formula is C9H16N2O4. The second-order valence-corrected chi connectivity index (χ2v) is 3.07. The highest BCUT2D eigenvalue weighted by molar-refractivity contribution is 5.89. The maximum atomic E-state index is 9.55. The zero-order valence-electron chi connectivity index (χ0n) is 8.56. The van der Waals surface area contributed by atoms with Gasteiger partial charge in [0.25, 0.3) is 0 Å². The van der Waals surface area contributed by atoms with Gasteiger partial charge >= 0.3 is 11.9 Å². The van der Waals surface area contributed by atoms with Gasteiger partial charge in [-0.05, 0) is 6.92 Å². The summed E-state index contributed by atoms with van der Waals surface area (Å²) >= 11 is 0. The number of carboxylic acid groups (broad SMARTS) is 2. The van der Waals surface area contributed by atoms with Crippen LogP contribution in [0.25, 0.3) is 0 Å². The van der Waals surface area contributed by atoms with E-state index in [1.54, 1.807) is 0 Å². The first-order valence-electron chi connectivity index (χ1n) is 4.60. The fraction of sp³-hybridized carbons (Fsp3) is 0.556. The van der Waals surface area contributed by atoms with Crippen molar-refractivity contribution in [2.45, 2.75) is 13.0 Å². The summed E-state index contributed by atoms with van der Waals surface area (Å²) in [6.45, 7) is 5.57. The van der Waals surface area contributed by atoms with E-state index in [0.717, 1.165) is 19.6 Å². The van der Waals surface area contributed by atoms with Gasteiger partial charge in [0.2, 0.25) is 0 Å². The van der Waals surface area contributed by atoms with Crippen molar-refractivity contribution in [2.75, 3.05) is 19.6 Å². The smallest absolute Gasteiger partial charge is 0.328 e. The number of hydrogen-bond donors (Lipinski definition) is 4. The molecule has 0 saturated carbocycles. The maximum absolute atomic E-state index is 9.55. The van der Waals surface area contributed by atoms with Crippen LogP contribution in [-0.4, -0.2) is 47.8 Å². The van der Waals surface area contributed by atoms with Gasteiger partial charge < -0.3 is 20.8 Å². The largest absolute Gasteiger partial charge is 0.478 e. The minimum absolute atomic E-state index is 0.558. The van der Waals surface area contributed by atoms with E-state index in [2.05, 4.69) is 17.6 Å². The maximum Gasteiger partial charge on any atom is 0.328 e. The average Bonchev–Trinajstić information content (AvgIpc) is 2.17. The lowest BCUT2D eigenvalue weighted by molar-refractivity contribution is -0.134. The van der Waals surface area contributed by atoms with Crippen molar-refractivity contribution in [2.24, 2.45) is 0 Å². The Balaban J connectivity index is 0.000000262. The molecule has 1 fully saturated rings. The molecule has 0 aromatic carbocycles. The Hall–Kier alpha value is -1.40. The molecule has 1 aliphatic rings. The normalized spacial score (nSPS) is 20.5. The number of rotatable bonds is 2. The SMILES string of the molecule is CC1CNCCN1.O=C(O)/C=C\C(=O)O. The first-order chi connectivity index (χ1) is 7.02. The van der Waals surface area contributed by atoms with Gasteiger partial charge in [-0.2, -0.15) is 0 Å². The van der Waals surface area contributed by atoms with Crippen LogP contribution in [0, 0.1) is 0 Å². The number of nitrogens with one attached hydrogen (secondary N) is 2. The molecule has 15 heavy (non-hydrogen) atoms. The standard InChI is InChI=1S/C5H12N2.C4H4O4/c1-5-4-6-2-3-7-5;5-3(6)1-2-4(7)8/h5-7H,2-4H2,1H3;1-2H,(H,5,6)(H,7,8)/b;2-1-. The lowest BCUT2D eigenvalue weighted by atomic mass is 10.3. The van der Waals surface area contributed by atoms with Crippen LogP contribution in [0.15, 0.2) is 12.2 Å². The van der Waals surface area contributed by atoms with E-state index in [4.69, 9.17) is 10.2 Å². The Morgan fingerprint density at radius 2 is 1.73 bits per heavy atom. The Labute approximate surface area is 88.0 Å². The van der Waals surface area contributed by atoms with Crippen LogP contribution in [0.3, 0.4) is 0 Å². The van der Waals surface area contributed by atoms with Crippen molar-refractivity contribution in [1.29, 1.82) is 0 Å². The highest BCUT2D eigenvalue weighted by atomic mass is 16.4. The number of carboxylic acids is 2. The molecule has 0 aromatic heterocycles. The monoisotopic (exact) mass is 216 g/mol. The van der Waals surface area contributed by atoms with E-state index in [9.17, 15) is 9.59 Å². The highest BCUT2D eigenvalue weighted by Crippen LogP contribution is 1.80. The zero-order chi connectivity index (χ0) is 11.7. The fourth-order valence-electron chi connectivity index (χ4n) is 0.940. The topological polar surface area (TPSA) is 98.7 Å². The molecular weight excluding hydrogens is 200 g/mol. The molecule has 0 radical (unpaired) electrons. The van der Waals surface area contributed by atoms with Gasteiger partial charge in [-0.1, -0.05) is 0 Å². The van der Waals surface area contributed by atoms with Crippen molar-refractivity contribution >= 4 is 11.9 Å². The summed E-state index contributed by atoms with van der Waals surface area (Å²) in [5.74, 6) is -2.51. The summed E-state index contributed by atoms with van der Waals surface area (Å²) in [7, 11) is 0. The molecule has 1 saturated heterocycles. The predicted octanol–water partition coefficient (Wildman–Crippen LogP) is -0.720. The molecule has 0 spiro atoms. The Bertz CT molecular complexity index is 218. The van der Waals surface area contributed by atoms with Crippen LogP contribution in [0.5, 0.6) is 0 Å². The van der Waals surface area contributed by atoms with Gasteiger partial charge in [0.1, 0.15) is 0 Å². The molecule has 0 aromatic rings. The predicted molar refractivity (Wildman–Crippen MR) is 54.7 cm³/mol. The van der Waals surface area contributed by atoms with Crippen LogP contribution in [0.2, 0.25) is 0 Å². The quantitative estimate of drug-likeness (QED) is 0.455. The van der Waals surface area contributed by atoms with Gasteiger partial charge in [0, 0.05) is 37.8 Å². The van der Waals surface area contributed by atoms with Crippen molar-refractivity contribution in [3.8, 4) is 0 Å². The number of hydrogen-bond acceptors (Lipinski definition) is 4. The van der Waals surface area contributed by atoms with Gasteiger partial charge in [-0.15, -0.1) is 0 Å². The molecule has 86 valence electrons. The minimum atomic E-state index is -1.26. The summed E-state index contributed by atoms with van der Waals surface area (Å²) in [6, 6.07) is 0.675. The molecule has 1 rings (SSSR count). The second kappa shape index (κ2) is 7.95. The van der Waals surface area contributed by atoms with E-state index >= 15 is 0 Å². The number of carbonyl (C=O) groups is 2. The van der Waals surface area contributed by atoms with E-state index in [-0.39, 0.29) is 0 Å². The van der Waals surface area contributed by atoms with E-state index in [1.165, 1.54) is 0 Å². The Morgan fingerprint density at radius 1 is 1.20 bits per heavy atom. The van der Waals surface area contributed by atoms with Crippen LogP contribution >= 0.6 is 0 Å². The zero-order valence-corrected chi connectivity index (χ0v) is 8.56. The number of piperazine rings is 1. The first kappa shape index (κ1) is 13.6. The minimum Gasteiger partial charge on any atom is -0.478 e. The summed E-state index contributed by atoms with van der Waals surface area (Å²) in [4.78, 5) is 19.1. The van der Waals surface area contributed by atoms with Gasteiger partial charge in [-0.25, -0.2) is 9.59 Å². The molecule has 1 aliphatic heterocycles. The molecule has 6 nitrogen and oxygen atoms in total. The van der Waals surface area contributed by atoms with Gasteiger partial charge in [0.15, 0.2) is 0 Å². The summed E-state index contributed by atoms with van der Waals surface area (Å²) in [5.41, 5.74) is 0. The third-order valence-corrected chi connectivity index (χ3v) is 1.61. The summed E-state index contributed by atoms with van der Waals surface area (Å²) < 4.78 is 0. The van der Waals surface area contributed by atoms with E-state index < -0.39 is 11.9 Å². The molecule has 0 bridgehead atoms. The molecule has 1 heterocycles. The van der Waals surface area contributed by atoms with Crippen molar-refractivity contribution in [3.05, 3.63) is 12.2 Å². The third kappa shape index (κ3) is 10.5. The van der Waals surface area contributed by atoms with E-state index in [1.807, 2.05) is 0 Å². The van der Waals surface area contributed by atoms with Gasteiger partial charge in [0.05, 0.1) is 0 Å². The van der Waals surface area contributed by atoms with Crippen LogP contribution in [0.4, 0.5) is 0 Å². The molecule has 6 heteroatoms. The van der Waals surface area contributed by atoms with Crippen molar-refractivity contribution in [1.82, 2.24) is 10.6 Å². The van der Waals surface area contributed by atoms with Crippen LogP contribution < -0.4 is 10.6 Å². The highest BCUT2D eigenvalue weighted by Gasteiger charge is 2.03. The van der Waals surface area contributed by atoms with Gasteiger partial charge in [-0.3, -0.25) is 0 Å². The molecule has 0 amide bonds. The lowest BCUT2D eigenvalue weighted by Crippen LogP contribution is -2.46. The molecule has 1 atom stereocenters. The first-order valence-corrected chi connectivity index (χ1v) is 4.60. The van der Waals surface area contributed by atoms with Crippen LogP contribution in [0.1, 0.15) is 6.92 Å². The Kier molecular flexibility index (Phi) is 7.21. The summed E-state index contributed by atoms with van der Waals surface area (Å²) in [6.07, 6.45) is 1.12. The summed E-state index contributed by atoms with van der Waals surface area (Å²) in [5, 5.41) is 22.2. The number of aliphatic carboxylic acids is 2.